The van der Waals surface area contributed by atoms with E-state index in [0.717, 1.165) is 11.3 Å². The van der Waals surface area contributed by atoms with Gasteiger partial charge in [-0.25, -0.2) is 4.79 Å². The fourth-order valence-corrected chi connectivity index (χ4v) is 1.68. The first-order valence-corrected chi connectivity index (χ1v) is 5.69. The molecule has 3 heteroatoms. The van der Waals surface area contributed by atoms with Crippen molar-refractivity contribution in [2.24, 2.45) is 0 Å². The third-order valence-electron chi connectivity index (χ3n) is 2.53. The summed E-state index contributed by atoms with van der Waals surface area (Å²) in [7, 11) is 0. The Morgan fingerprint density at radius 1 is 1.06 bits per heavy atom. The highest BCUT2D eigenvalue weighted by Gasteiger charge is 2.10. The smallest absolute Gasteiger partial charge is 0.370 e. The average molecular weight is 240 g/mol. The Kier molecular flexibility index (Phi) is 3.86. The van der Waals surface area contributed by atoms with Crippen LogP contribution in [0.2, 0.25) is 0 Å². The summed E-state index contributed by atoms with van der Waals surface area (Å²) >= 11 is 0. The van der Waals surface area contributed by atoms with E-state index in [1.807, 2.05) is 60.7 Å². The highest BCUT2D eigenvalue weighted by Crippen LogP contribution is 2.04. The summed E-state index contributed by atoms with van der Waals surface area (Å²) in [5.41, 5.74) is 1.95. The lowest BCUT2D eigenvalue weighted by Crippen LogP contribution is -2.40. The molecule has 0 saturated carbocycles. The van der Waals surface area contributed by atoms with E-state index < -0.39 is 5.97 Å². The van der Waals surface area contributed by atoms with Gasteiger partial charge >= 0.3 is 5.97 Å². The largest absolute Gasteiger partial charge is 0.477 e. The summed E-state index contributed by atoms with van der Waals surface area (Å²) < 4.78 is 1.70. The van der Waals surface area contributed by atoms with Crippen molar-refractivity contribution in [1.82, 2.24) is 0 Å². The number of nitrogens with zero attached hydrogens (tertiary/aromatic N) is 1. The van der Waals surface area contributed by atoms with Gasteiger partial charge in [-0.05, 0) is 17.7 Å². The molecule has 0 aliphatic carbocycles. The van der Waals surface area contributed by atoms with Crippen LogP contribution in [0.3, 0.4) is 0 Å². The van der Waals surface area contributed by atoms with Crippen LogP contribution in [0.5, 0.6) is 0 Å². The molecular weight excluding hydrogens is 226 g/mol. The second kappa shape index (κ2) is 5.77. The molecular formula is C15H14NO2+. The van der Waals surface area contributed by atoms with Gasteiger partial charge in [0.2, 0.25) is 12.2 Å². The molecule has 1 heterocycles. The summed E-state index contributed by atoms with van der Waals surface area (Å²) in [6.07, 6.45) is 5.64. The van der Waals surface area contributed by atoms with Gasteiger partial charge in [0, 0.05) is 18.2 Å². The van der Waals surface area contributed by atoms with E-state index in [0.29, 0.717) is 0 Å². The van der Waals surface area contributed by atoms with Crippen molar-refractivity contribution in [3.63, 3.8) is 0 Å². The molecule has 0 spiro atoms. The van der Waals surface area contributed by atoms with Gasteiger partial charge in [-0.15, -0.1) is 0 Å². The highest BCUT2D eigenvalue weighted by atomic mass is 16.4. The molecule has 3 nitrogen and oxygen atoms in total. The summed E-state index contributed by atoms with van der Waals surface area (Å²) in [6.45, 7) is -0.0324. The standard InChI is InChI=1S/C15H13NO2/c17-15(18)12-16-11-5-4-8-14(16)10-9-13-6-2-1-3-7-13/h1-11H,12H2/p+1. The summed E-state index contributed by atoms with van der Waals surface area (Å²) in [5.74, 6) is -0.847. The molecule has 1 aromatic carbocycles. The molecule has 0 bridgehead atoms. The van der Waals surface area contributed by atoms with Crippen LogP contribution >= 0.6 is 0 Å². The fraction of sp³-hybridized carbons (Fsp3) is 0.0667. The lowest BCUT2D eigenvalue weighted by atomic mass is 10.2. The lowest BCUT2D eigenvalue weighted by molar-refractivity contribution is -0.687. The van der Waals surface area contributed by atoms with Crippen molar-refractivity contribution in [2.45, 2.75) is 6.54 Å². The second-order valence-corrected chi connectivity index (χ2v) is 3.89. The first kappa shape index (κ1) is 12.0. The van der Waals surface area contributed by atoms with Gasteiger partial charge in [0.1, 0.15) is 0 Å². The lowest BCUT2D eigenvalue weighted by Gasteiger charge is -1.97. The maximum atomic E-state index is 10.8. The van der Waals surface area contributed by atoms with Crippen LogP contribution in [0.1, 0.15) is 11.3 Å². The predicted molar refractivity (Wildman–Crippen MR) is 69.6 cm³/mol. The van der Waals surface area contributed by atoms with E-state index in [1.165, 1.54) is 0 Å². The molecule has 18 heavy (non-hydrogen) atoms. The minimum atomic E-state index is -0.847. The molecule has 0 unspecified atom stereocenters. The first-order valence-electron chi connectivity index (χ1n) is 5.69. The van der Waals surface area contributed by atoms with Gasteiger partial charge in [0.15, 0.2) is 6.20 Å². The van der Waals surface area contributed by atoms with Crippen molar-refractivity contribution in [3.05, 3.63) is 66.0 Å². The quantitative estimate of drug-likeness (QED) is 0.833. The summed E-state index contributed by atoms with van der Waals surface area (Å²) in [5, 5.41) is 8.83. The Morgan fingerprint density at radius 3 is 2.50 bits per heavy atom. The van der Waals surface area contributed by atoms with E-state index in [9.17, 15) is 4.79 Å². The number of benzene rings is 1. The van der Waals surface area contributed by atoms with Crippen LogP contribution in [0.25, 0.3) is 12.2 Å². The highest BCUT2D eigenvalue weighted by molar-refractivity contribution is 5.67. The maximum absolute atomic E-state index is 10.8. The number of pyridine rings is 1. The predicted octanol–water partition coefficient (Wildman–Crippen LogP) is 2.23. The number of carboxylic acid groups (broad SMARTS) is 1. The summed E-state index contributed by atoms with van der Waals surface area (Å²) in [6, 6.07) is 15.5. The third-order valence-corrected chi connectivity index (χ3v) is 2.53. The van der Waals surface area contributed by atoms with Crippen molar-refractivity contribution < 1.29 is 14.5 Å². The number of carboxylic acids is 1. The van der Waals surface area contributed by atoms with Crippen LogP contribution in [0, 0.1) is 0 Å². The number of aliphatic carboxylic acids is 1. The third kappa shape index (κ3) is 3.28. The molecule has 0 atom stereocenters. The Balaban J connectivity index is 2.23. The van der Waals surface area contributed by atoms with Crippen molar-refractivity contribution in [2.75, 3.05) is 0 Å². The Hall–Kier alpha value is -2.42. The molecule has 1 aromatic heterocycles. The van der Waals surface area contributed by atoms with E-state index >= 15 is 0 Å². The van der Waals surface area contributed by atoms with E-state index in [1.54, 1.807) is 10.8 Å². The molecule has 0 aliphatic rings. The summed E-state index contributed by atoms with van der Waals surface area (Å²) in [4.78, 5) is 10.8. The van der Waals surface area contributed by atoms with Crippen molar-refractivity contribution in [1.29, 1.82) is 0 Å². The molecule has 1 N–H and O–H groups in total. The normalized spacial score (nSPS) is 10.7. The second-order valence-electron chi connectivity index (χ2n) is 3.89. The van der Waals surface area contributed by atoms with Gasteiger partial charge in [-0.3, -0.25) is 0 Å². The topological polar surface area (TPSA) is 41.2 Å². The van der Waals surface area contributed by atoms with Gasteiger partial charge < -0.3 is 5.11 Å². The molecule has 0 fully saturated rings. The Labute approximate surface area is 106 Å². The molecule has 90 valence electrons. The monoisotopic (exact) mass is 240 g/mol. The van der Waals surface area contributed by atoms with E-state index in [2.05, 4.69) is 0 Å². The molecule has 2 aromatic rings. The minimum Gasteiger partial charge on any atom is -0.477 e. The number of hydrogen-bond acceptors (Lipinski definition) is 1. The van der Waals surface area contributed by atoms with Crippen LogP contribution in [-0.2, 0) is 11.3 Å². The fourth-order valence-electron chi connectivity index (χ4n) is 1.68. The zero-order valence-corrected chi connectivity index (χ0v) is 9.86. The molecule has 0 aliphatic heterocycles. The van der Waals surface area contributed by atoms with Crippen LogP contribution < -0.4 is 4.57 Å². The SMILES string of the molecule is O=C(O)C[n+]1ccccc1C=Cc1ccccc1. The van der Waals surface area contributed by atoms with Crippen molar-refractivity contribution in [3.8, 4) is 0 Å². The Bertz CT molecular complexity index is 562. The number of carbonyl (C=O) groups is 1. The van der Waals surface area contributed by atoms with E-state index in [-0.39, 0.29) is 6.54 Å². The van der Waals surface area contributed by atoms with Gasteiger partial charge in [0.05, 0.1) is 0 Å². The maximum Gasteiger partial charge on any atom is 0.370 e. The van der Waals surface area contributed by atoms with Crippen LogP contribution in [0.15, 0.2) is 54.7 Å². The van der Waals surface area contributed by atoms with Gasteiger partial charge in [0.25, 0.3) is 0 Å². The van der Waals surface area contributed by atoms with Crippen LogP contribution in [-0.4, -0.2) is 11.1 Å². The number of rotatable bonds is 4. The van der Waals surface area contributed by atoms with E-state index in [4.69, 9.17) is 5.11 Å². The zero-order valence-electron chi connectivity index (χ0n) is 9.86. The zero-order chi connectivity index (χ0) is 12.8. The first-order chi connectivity index (χ1) is 8.75. The molecule has 0 amide bonds. The van der Waals surface area contributed by atoms with Gasteiger partial charge in [-0.1, -0.05) is 30.3 Å². The minimum absolute atomic E-state index is 0.0324. The molecule has 2 rings (SSSR count). The average Bonchev–Trinajstić information content (AvgIpc) is 2.38. The number of aromatic nitrogens is 1. The molecule has 0 radical (unpaired) electrons. The Morgan fingerprint density at radius 2 is 1.78 bits per heavy atom. The van der Waals surface area contributed by atoms with Crippen molar-refractivity contribution >= 4 is 18.1 Å². The number of hydrogen-bond donors (Lipinski definition) is 1. The van der Waals surface area contributed by atoms with Crippen LogP contribution in [0.4, 0.5) is 0 Å². The molecule has 0 saturated heterocycles. The van der Waals surface area contributed by atoms with Gasteiger partial charge in [-0.2, -0.15) is 4.57 Å².